The van der Waals surface area contributed by atoms with E-state index in [1.165, 1.54) is 231 Å². The summed E-state index contributed by atoms with van der Waals surface area (Å²) in [6, 6.07) is 0. The van der Waals surface area contributed by atoms with Crippen LogP contribution in [0.2, 0.25) is 0 Å². The van der Waals surface area contributed by atoms with E-state index >= 15 is 0 Å². The maximum atomic E-state index is 12.9. The first-order valence-electron chi connectivity index (χ1n) is 32.1. The SMILES string of the molecule is CCCCCC/C=C\CCCCCCCC(=O)OCC(COC(=O)CCCCCCCCCCCCC/C=C\C/C=C\CCCCCCC)OC(=O)CCCCCCCCCCC/C=C\CCCCCCCC. The highest BCUT2D eigenvalue weighted by atomic mass is 16.6. The van der Waals surface area contributed by atoms with Crippen LogP contribution in [0.3, 0.4) is 0 Å². The lowest BCUT2D eigenvalue weighted by molar-refractivity contribution is -0.167. The molecule has 0 aromatic carbocycles. The first-order chi connectivity index (χ1) is 36.0. The summed E-state index contributed by atoms with van der Waals surface area (Å²) in [6.07, 6.45) is 76.8. The van der Waals surface area contributed by atoms with Gasteiger partial charge < -0.3 is 14.2 Å². The molecule has 0 aromatic rings. The average Bonchev–Trinajstić information content (AvgIpc) is 3.39. The lowest BCUT2D eigenvalue weighted by atomic mass is 10.0. The molecule has 0 aliphatic carbocycles. The van der Waals surface area contributed by atoms with Crippen LogP contribution in [0.1, 0.15) is 342 Å². The largest absolute Gasteiger partial charge is 0.462 e. The molecule has 0 aromatic heterocycles. The Morgan fingerprint density at radius 1 is 0.274 bits per heavy atom. The number of allylic oxidation sites excluding steroid dienone is 8. The van der Waals surface area contributed by atoms with Gasteiger partial charge in [-0.05, 0) is 103 Å². The van der Waals surface area contributed by atoms with Crippen molar-refractivity contribution in [1.29, 1.82) is 0 Å². The van der Waals surface area contributed by atoms with Gasteiger partial charge in [0.05, 0.1) is 0 Å². The number of carbonyl (C=O) groups is 3. The minimum absolute atomic E-state index is 0.0752. The normalized spacial score (nSPS) is 12.3. The lowest BCUT2D eigenvalue weighted by Crippen LogP contribution is -2.30. The summed E-state index contributed by atoms with van der Waals surface area (Å²) in [4.78, 5) is 38.3. The van der Waals surface area contributed by atoms with Gasteiger partial charge in [-0.25, -0.2) is 0 Å². The fraction of sp³-hybridized carbons (Fsp3) is 0.836. The highest BCUT2D eigenvalue weighted by Crippen LogP contribution is 2.17. The summed E-state index contributed by atoms with van der Waals surface area (Å²) >= 11 is 0. The number of hydrogen-bond acceptors (Lipinski definition) is 6. The Bertz CT molecular complexity index is 1270. The van der Waals surface area contributed by atoms with Gasteiger partial charge in [-0.2, -0.15) is 0 Å². The highest BCUT2D eigenvalue weighted by molar-refractivity contribution is 5.71. The van der Waals surface area contributed by atoms with Gasteiger partial charge in [0.25, 0.3) is 0 Å². The van der Waals surface area contributed by atoms with Crippen molar-refractivity contribution in [3.8, 4) is 0 Å². The molecule has 0 fully saturated rings. The molecule has 0 spiro atoms. The number of rotatable bonds is 59. The number of esters is 3. The standard InChI is InChI=1S/C67H122O6/c1-4-7-10-13-16-19-22-25-27-29-31-32-33-34-36-37-39-42-45-48-51-54-57-60-66(69)72-63-64(62-71-65(68)59-56-53-50-47-44-41-24-21-18-15-12-9-6-3)73-67(70)61-58-55-52-49-46-43-40-38-35-30-28-26-23-20-17-14-11-8-5-2/h21-22,24-26,28-29,31,64H,4-20,23,27,30,32-63H2,1-3H3/b24-21-,25-22-,28-26-,31-29-. The molecule has 0 aliphatic rings. The zero-order valence-corrected chi connectivity index (χ0v) is 48.9. The van der Waals surface area contributed by atoms with Crippen molar-refractivity contribution in [2.24, 2.45) is 0 Å². The van der Waals surface area contributed by atoms with E-state index < -0.39 is 6.10 Å². The number of unbranched alkanes of at least 4 members (excludes halogenated alkanes) is 40. The van der Waals surface area contributed by atoms with Crippen LogP contribution in [0, 0.1) is 0 Å². The average molecular weight is 1020 g/mol. The molecule has 1 unspecified atom stereocenters. The summed E-state index contributed by atoms with van der Waals surface area (Å²) in [7, 11) is 0. The number of hydrogen-bond donors (Lipinski definition) is 0. The molecular formula is C67H122O6. The Morgan fingerprint density at radius 3 is 0.781 bits per heavy atom. The van der Waals surface area contributed by atoms with Gasteiger partial charge in [0.1, 0.15) is 13.2 Å². The van der Waals surface area contributed by atoms with E-state index in [4.69, 9.17) is 14.2 Å². The molecule has 0 saturated heterocycles. The van der Waals surface area contributed by atoms with Crippen molar-refractivity contribution >= 4 is 17.9 Å². The summed E-state index contributed by atoms with van der Waals surface area (Å²) in [5.41, 5.74) is 0. The molecule has 1 atom stereocenters. The third-order valence-electron chi connectivity index (χ3n) is 14.3. The highest BCUT2D eigenvalue weighted by Gasteiger charge is 2.19. The van der Waals surface area contributed by atoms with E-state index in [-0.39, 0.29) is 31.1 Å². The van der Waals surface area contributed by atoms with E-state index in [2.05, 4.69) is 69.4 Å². The van der Waals surface area contributed by atoms with Crippen molar-refractivity contribution in [3.63, 3.8) is 0 Å². The van der Waals surface area contributed by atoms with E-state index in [9.17, 15) is 14.4 Å². The molecule has 0 N–H and O–H groups in total. The molecule has 0 saturated carbocycles. The predicted molar refractivity (Wildman–Crippen MR) is 316 cm³/mol. The second kappa shape index (κ2) is 61.9. The summed E-state index contributed by atoms with van der Waals surface area (Å²) < 4.78 is 16.9. The van der Waals surface area contributed by atoms with Gasteiger partial charge in [-0.1, -0.05) is 268 Å². The Morgan fingerprint density at radius 2 is 0.493 bits per heavy atom. The van der Waals surface area contributed by atoms with Crippen LogP contribution in [0.15, 0.2) is 48.6 Å². The number of ether oxygens (including phenoxy) is 3. The molecule has 0 heterocycles. The van der Waals surface area contributed by atoms with Crippen molar-refractivity contribution in [2.75, 3.05) is 13.2 Å². The second-order valence-electron chi connectivity index (χ2n) is 21.7. The van der Waals surface area contributed by atoms with Gasteiger partial charge in [0.15, 0.2) is 6.10 Å². The van der Waals surface area contributed by atoms with Crippen LogP contribution < -0.4 is 0 Å². The minimum Gasteiger partial charge on any atom is -0.462 e. The van der Waals surface area contributed by atoms with E-state index in [1.807, 2.05) is 0 Å². The molecule has 6 nitrogen and oxygen atoms in total. The monoisotopic (exact) mass is 1020 g/mol. The van der Waals surface area contributed by atoms with Crippen molar-refractivity contribution in [3.05, 3.63) is 48.6 Å². The Hall–Kier alpha value is -2.63. The van der Waals surface area contributed by atoms with Gasteiger partial charge >= 0.3 is 17.9 Å². The van der Waals surface area contributed by atoms with E-state index in [0.717, 1.165) is 70.6 Å². The first kappa shape index (κ1) is 70.4. The lowest BCUT2D eigenvalue weighted by Gasteiger charge is -2.18. The molecule has 0 radical (unpaired) electrons. The molecular weight excluding hydrogens is 901 g/mol. The minimum atomic E-state index is -0.778. The molecule has 0 rings (SSSR count). The zero-order valence-electron chi connectivity index (χ0n) is 48.9. The van der Waals surface area contributed by atoms with E-state index in [0.29, 0.717) is 19.3 Å². The predicted octanol–water partition coefficient (Wildman–Crippen LogP) is 21.8. The van der Waals surface area contributed by atoms with Gasteiger partial charge in [0.2, 0.25) is 0 Å². The Kier molecular flexibility index (Phi) is 59.7. The van der Waals surface area contributed by atoms with Crippen LogP contribution in [0.25, 0.3) is 0 Å². The van der Waals surface area contributed by atoms with Crippen molar-refractivity contribution < 1.29 is 28.6 Å². The fourth-order valence-electron chi connectivity index (χ4n) is 9.41. The van der Waals surface area contributed by atoms with Crippen LogP contribution in [-0.2, 0) is 28.6 Å². The second-order valence-corrected chi connectivity index (χ2v) is 21.7. The third-order valence-corrected chi connectivity index (χ3v) is 14.3. The zero-order chi connectivity index (χ0) is 52.9. The molecule has 0 bridgehead atoms. The molecule has 0 aliphatic heterocycles. The topological polar surface area (TPSA) is 78.9 Å². The maximum absolute atomic E-state index is 12.9. The van der Waals surface area contributed by atoms with Crippen molar-refractivity contribution in [1.82, 2.24) is 0 Å². The number of carbonyl (C=O) groups excluding carboxylic acids is 3. The smallest absolute Gasteiger partial charge is 0.306 e. The summed E-state index contributed by atoms with van der Waals surface area (Å²) in [5.74, 6) is -0.869. The molecule has 426 valence electrons. The van der Waals surface area contributed by atoms with Crippen LogP contribution in [0.4, 0.5) is 0 Å². The summed E-state index contributed by atoms with van der Waals surface area (Å²) in [5, 5.41) is 0. The molecule has 6 heteroatoms. The van der Waals surface area contributed by atoms with Crippen LogP contribution in [0.5, 0.6) is 0 Å². The van der Waals surface area contributed by atoms with Gasteiger partial charge in [-0.3, -0.25) is 14.4 Å². The molecule has 0 amide bonds. The first-order valence-corrected chi connectivity index (χ1v) is 32.1. The Balaban J connectivity index is 4.30. The van der Waals surface area contributed by atoms with Crippen LogP contribution in [-0.4, -0.2) is 37.2 Å². The maximum Gasteiger partial charge on any atom is 0.306 e. The van der Waals surface area contributed by atoms with Crippen LogP contribution >= 0.6 is 0 Å². The quantitative estimate of drug-likeness (QED) is 0.0261. The Labute approximate surface area is 454 Å². The van der Waals surface area contributed by atoms with Crippen molar-refractivity contribution in [2.45, 2.75) is 348 Å². The van der Waals surface area contributed by atoms with Gasteiger partial charge in [0, 0.05) is 19.3 Å². The fourth-order valence-corrected chi connectivity index (χ4v) is 9.41. The van der Waals surface area contributed by atoms with E-state index in [1.54, 1.807) is 0 Å². The third kappa shape index (κ3) is 60.1. The summed E-state index contributed by atoms with van der Waals surface area (Å²) in [6.45, 7) is 6.65. The molecule has 73 heavy (non-hydrogen) atoms. The van der Waals surface area contributed by atoms with Gasteiger partial charge in [-0.15, -0.1) is 0 Å².